The van der Waals surface area contributed by atoms with Gasteiger partial charge in [-0.05, 0) is 31.1 Å². The Kier molecular flexibility index (Phi) is 5.26. The van der Waals surface area contributed by atoms with E-state index in [0.29, 0.717) is 0 Å². The molecule has 0 fully saturated rings. The van der Waals surface area contributed by atoms with Gasteiger partial charge in [0.15, 0.2) is 0 Å². The van der Waals surface area contributed by atoms with Gasteiger partial charge in [-0.15, -0.1) is 0 Å². The van der Waals surface area contributed by atoms with Crippen LogP contribution in [0.2, 0.25) is 0 Å². The van der Waals surface area contributed by atoms with Crippen LogP contribution in [0.5, 0.6) is 0 Å². The van der Waals surface area contributed by atoms with E-state index >= 15 is 0 Å². The lowest BCUT2D eigenvalue weighted by Gasteiger charge is -2.08. The number of hydrogen-bond acceptors (Lipinski definition) is 1. The molecular formula is C13H16BrNO. The first-order valence-electron chi connectivity index (χ1n) is 5.36. The Balaban J connectivity index is 2.60. The van der Waals surface area contributed by atoms with Gasteiger partial charge in [0, 0.05) is 16.6 Å². The second-order valence-corrected chi connectivity index (χ2v) is 4.53. The molecule has 0 radical (unpaired) electrons. The van der Waals surface area contributed by atoms with E-state index in [1.54, 1.807) is 6.08 Å². The SMILES string of the molecule is CCC(C)NC(=O)C=Cc1ccccc1Br. The first-order valence-corrected chi connectivity index (χ1v) is 6.16. The van der Waals surface area contributed by atoms with Crippen molar-refractivity contribution in [3.05, 3.63) is 40.4 Å². The lowest BCUT2D eigenvalue weighted by atomic mass is 10.2. The van der Waals surface area contributed by atoms with Crippen LogP contribution in [0.3, 0.4) is 0 Å². The highest BCUT2D eigenvalue weighted by atomic mass is 79.9. The molecule has 16 heavy (non-hydrogen) atoms. The summed E-state index contributed by atoms with van der Waals surface area (Å²) in [5.41, 5.74) is 1.00. The number of rotatable bonds is 4. The lowest BCUT2D eigenvalue weighted by molar-refractivity contribution is -0.117. The Morgan fingerprint density at radius 2 is 2.19 bits per heavy atom. The van der Waals surface area contributed by atoms with Crippen LogP contribution < -0.4 is 5.32 Å². The Morgan fingerprint density at radius 3 is 2.81 bits per heavy atom. The Labute approximate surface area is 105 Å². The monoisotopic (exact) mass is 281 g/mol. The zero-order valence-corrected chi connectivity index (χ0v) is 11.1. The molecule has 0 bridgehead atoms. The molecule has 1 rings (SSSR count). The Bertz CT molecular complexity index is 387. The van der Waals surface area contributed by atoms with Gasteiger partial charge in [0.25, 0.3) is 0 Å². The van der Waals surface area contributed by atoms with Crippen molar-refractivity contribution >= 4 is 27.9 Å². The molecule has 0 aromatic heterocycles. The molecule has 1 amide bonds. The number of carbonyl (C=O) groups excluding carboxylic acids is 1. The number of hydrogen-bond donors (Lipinski definition) is 1. The third kappa shape index (κ3) is 4.19. The van der Waals surface area contributed by atoms with Crippen LogP contribution in [0.15, 0.2) is 34.8 Å². The maximum absolute atomic E-state index is 11.5. The molecule has 0 saturated heterocycles. The van der Waals surface area contributed by atoms with Gasteiger partial charge in [0.2, 0.25) is 5.91 Å². The first-order chi connectivity index (χ1) is 7.63. The van der Waals surface area contributed by atoms with Crippen LogP contribution in [0, 0.1) is 0 Å². The summed E-state index contributed by atoms with van der Waals surface area (Å²) in [5.74, 6) is -0.0508. The first kappa shape index (κ1) is 13.0. The summed E-state index contributed by atoms with van der Waals surface area (Å²) in [6.07, 6.45) is 4.31. The van der Waals surface area contributed by atoms with Gasteiger partial charge in [0.1, 0.15) is 0 Å². The second-order valence-electron chi connectivity index (χ2n) is 3.67. The molecule has 0 heterocycles. The fourth-order valence-corrected chi connectivity index (χ4v) is 1.59. The summed E-state index contributed by atoms with van der Waals surface area (Å²) in [6, 6.07) is 8.01. The topological polar surface area (TPSA) is 29.1 Å². The van der Waals surface area contributed by atoms with Gasteiger partial charge in [-0.3, -0.25) is 4.79 Å². The predicted octanol–water partition coefficient (Wildman–Crippen LogP) is 3.38. The van der Waals surface area contributed by atoms with Crippen molar-refractivity contribution in [3.8, 4) is 0 Å². The molecule has 1 unspecified atom stereocenters. The highest BCUT2D eigenvalue weighted by Gasteiger charge is 2.01. The van der Waals surface area contributed by atoms with Crippen molar-refractivity contribution in [2.24, 2.45) is 0 Å². The van der Waals surface area contributed by atoms with Crippen LogP contribution in [0.4, 0.5) is 0 Å². The largest absolute Gasteiger partial charge is 0.350 e. The van der Waals surface area contributed by atoms with Crippen molar-refractivity contribution in [2.45, 2.75) is 26.3 Å². The molecule has 1 atom stereocenters. The van der Waals surface area contributed by atoms with Gasteiger partial charge >= 0.3 is 0 Å². The minimum absolute atomic E-state index is 0.0508. The van der Waals surface area contributed by atoms with Crippen molar-refractivity contribution in [2.75, 3.05) is 0 Å². The quantitative estimate of drug-likeness (QED) is 0.843. The van der Waals surface area contributed by atoms with E-state index < -0.39 is 0 Å². The molecule has 3 heteroatoms. The van der Waals surface area contributed by atoms with E-state index in [1.165, 1.54) is 0 Å². The Morgan fingerprint density at radius 1 is 1.50 bits per heavy atom. The molecule has 0 saturated carbocycles. The third-order valence-corrected chi connectivity index (χ3v) is 3.04. The number of nitrogens with one attached hydrogen (secondary N) is 1. The highest BCUT2D eigenvalue weighted by molar-refractivity contribution is 9.10. The summed E-state index contributed by atoms with van der Waals surface area (Å²) < 4.78 is 0.989. The summed E-state index contributed by atoms with van der Waals surface area (Å²) >= 11 is 3.43. The van der Waals surface area contributed by atoms with Crippen LogP contribution >= 0.6 is 15.9 Å². The summed E-state index contributed by atoms with van der Waals surface area (Å²) in [7, 11) is 0. The smallest absolute Gasteiger partial charge is 0.244 e. The maximum Gasteiger partial charge on any atom is 0.244 e. The summed E-state index contributed by atoms with van der Waals surface area (Å²) in [5, 5.41) is 2.88. The second kappa shape index (κ2) is 6.48. The number of amides is 1. The zero-order valence-electron chi connectivity index (χ0n) is 9.53. The fourth-order valence-electron chi connectivity index (χ4n) is 1.17. The van der Waals surface area contributed by atoms with E-state index in [9.17, 15) is 4.79 Å². The van der Waals surface area contributed by atoms with E-state index in [-0.39, 0.29) is 11.9 Å². The molecular weight excluding hydrogens is 266 g/mol. The number of benzene rings is 1. The molecule has 1 N–H and O–H groups in total. The average molecular weight is 282 g/mol. The predicted molar refractivity (Wildman–Crippen MR) is 71.1 cm³/mol. The van der Waals surface area contributed by atoms with Crippen molar-refractivity contribution in [1.82, 2.24) is 5.32 Å². The van der Waals surface area contributed by atoms with Gasteiger partial charge < -0.3 is 5.32 Å². The van der Waals surface area contributed by atoms with E-state index in [0.717, 1.165) is 16.5 Å². The number of carbonyl (C=O) groups is 1. The minimum Gasteiger partial charge on any atom is -0.350 e. The van der Waals surface area contributed by atoms with Gasteiger partial charge in [0.05, 0.1) is 0 Å². The normalized spacial score (nSPS) is 12.7. The molecule has 1 aromatic rings. The molecule has 0 aliphatic rings. The van der Waals surface area contributed by atoms with Gasteiger partial charge in [-0.2, -0.15) is 0 Å². The van der Waals surface area contributed by atoms with Crippen molar-refractivity contribution < 1.29 is 4.79 Å². The van der Waals surface area contributed by atoms with Crippen molar-refractivity contribution in [3.63, 3.8) is 0 Å². The third-order valence-electron chi connectivity index (χ3n) is 2.32. The van der Waals surface area contributed by atoms with Crippen LogP contribution in [-0.2, 0) is 4.79 Å². The fraction of sp³-hybridized carbons (Fsp3) is 0.308. The van der Waals surface area contributed by atoms with Gasteiger partial charge in [-0.25, -0.2) is 0 Å². The lowest BCUT2D eigenvalue weighted by Crippen LogP contribution is -2.30. The standard InChI is InChI=1S/C13H16BrNO/c1-3-10(2)15-13(16)9-8-11-6-4-5-7-12(11)14/h4-10H,3H2,1-2H3,(H,15,16). The summed E-state index contributed by atoms with van der Waals surface area (Å²) in [4.78, 5) is 11.5. The molecule has 0 aliphatic carbocycles. The van der Waals surface area contributed by atoms with E-state index in [2.05, 4.69) is 21.2 Å². The zero-order chi connectivity index (χ0) is 12.0. The van der Waals surface area contributed by atoms with Gasteiger partial charge in [-0.1, -0.05) is 41.1 Å². The molecule has 0 spiro atoms. The van der Waals surface area contributed by atoms with E-state index in [4.69, 9.17) is 0 Å². The molecule has 2 nitrogen and oxygen atoms in total. The van der Waals surface area contributed by atoms with Crippen LogP contribution in [0.1, 0.15) is 25.8 Å². The Hall–Kier alpha value is -1.09. The minimum atomic E-state index is -0.0508. The maximum atomic E-state index is 11.5. The van der Waals surface area contributed by atoms with Crippen molar-refractivity contribution in [1.29, 1.82) is 0 Å². The van der Waals surface area contributed by atoms with Crippen LogP contribution in [-0.4, -0.2) is 11.9 Å². The van der Waals surface area contributed by atoms with Crippen LogP contribution in [0.25, 0.3) is 6.08 Å². The molecule has 86 valence electrons. The number of halogens is 1. The average Bonchev–Trinajstić information content (AvgIpc) is 2.28. The van der Waals surface area contributed by atoms with E-state index in [1.807, 2.05) is 44.2 Å². The molecule has 1 aromatic carbocycles. The highest BCUT2D eigenvalue weighted by Crippen LogP contribution is 2.16. The summed E-state index contributed by atoms with van der Waals surface area (Å²) in [6.45, 7) is 4.03. The molecule has 0 aliphatic heterocycles.